The second-order valence-corrected chi connectivity index (χ2v) is 1.84. The smallest absolute Gasteiger partial charge is 0.330 e. The molecule has 0 aromatic rings. The van der Waals surface area contributed by atoms with Crippen molar-refractivity contribution in [1.82, 2.24) is 0 Å². The summed E-state index contributed by atoms with van der Waals surface area (Å²) in [6, 6.07) is 0. The van der Waals surface area contributed by atoms with Gasteiger partial charge in [-0.05, 0) is 13.8 Å². The van der Waals surface area contributed by atoms with Gasteiger partial charge in [0.2, 0.25) is 0 Å². The molecule has 0 aromatic heterocycles. The molecule has 6 heteroatoms. The van der Waals surface area contributed by atoms with E-state index in [1.54, 1.807) is 13.8 Å². The minimum Gasteiger partial charge on any atom is -0.463 e. The Labute approximate surface area is 109 Å². The maximum absolute atomic E-state index is 10.6. The molecular weight excluding hydrogens is 291 g/mol. The number of ether oxygens (including phenoxy) is 2. The van der Waals surface area contributed by atoms with Crippen molar-refractivity contribution in [2.45, 2.75) is 13.8 Å². The zero-order valence-corrected chi connectivity index (χ0v) is 14.6. The van der Waals surface area contributed by atoms with Crippen LogP contribution in [0.2, 0.25) is 0 Å². The Morgan fingerprint density at radius 1 is 0.929 bits per heavy atom. The van der Waals surface area contributed by atoms with Crippen molar-refractivity contribution in [3.05, 3.63) is 12.2 Å². The van der Waals surface area contributed by atoms with E-state index in [9.17, 15) is 9.59 Å². The first-order chi connectivity index (χ1) is 5.70. The van der Waals surface area contributed by atoms with Crippen LogP contribution in [0.5, 0.6) is 0 Å². The third-order valence-electron chi connectivity index (χ3n) is 0.929. The Bertz CT molecular complexity index is 172. The molecule has 0 heterocycles. The second kappa shape index (κ2) is 12.9. The van der Waals surface area contributed by atoms with Gasteiger partial charge in [-0.3, -0.25) is 0 Å². The summed E-state index contributed by atoms with van der Waals surface area (Å²) in [5, 5.41) is 0. The maximum Gasteiger partial charge on any atom is 0.330 e. The topological polar surface area (TPSA) is 52.6 Å². The monoisotopic (exact) mass is 300 g/mol. The first kappa shape index (κ1) is 19.5. The summed E-state index contributed by atoms with van der Waals surface area (Å²) in [5.74, 6) is -1.07. The molecule has 0 radical (unpaired) electrons. The fourth-order valence-corrected chi connectivity index (χ4v) is 0.517. The molecule has 0 fully saturated rings. The van der Waals surface area contributed by atoms with Crippen LogP contribution in [-0.2, 0) is 58.0 Å². The summed E-state index contributed by atoms with van der Waals surface area (Å²) in [6.07, 6.45) is 2.09. The fourth-order valence-electron chi connectivity index (χ4n) is 0.517. The summed E-state index contributed by atoms with van der Waals surface area (Å²) in [7, 11) is 0. The van der Waals surface area contributed by atoms with Gasteiger partial charge in [-0.15, -0.1) is 0 Å². The van der Waals surface area contributed by atoms with Gasteiger partial charge in [0.15, 0.2) is 0 Å². The Kier molecular flexibility index (Phi) is 18.0. The van der Waals surface area contributed by atoms with E-state index in [1.807, 2.05) is 0 Å². The third-order valence-corrected chi connectivity index (χ3v) is 0.929. The number of hydrogen-bond donors (Lipinski definition) is 0. The molecule has 0 aliphatic rings. The molecule has 0 amide bonds. The van der Waals surface area contributed by atoms with Gasteiger partial charge in [0.25, 0.3) is 0 Å². The SMILES string of the molecule is CCOC(=O)/C=C/C(=O)OCC.[Zn].[Zn]. The minimum absolute atomic E-state index is 0. The molecule has 0 saturated heterocycles. The Morgan fingerprint density at radius 3 is 1.43 bits per heavy atom. The average molecular weight is 303 g/mol. The van der Waals surface area contributed by atoms with Crippen molar-refractivity contribution >= 4 is 11.9 Å². The van der Waals surface area contributed by atoms with E-state index in [0.29, 0.717) is 13.2 Å². The van der Waals surface area contributed by atoms with Crippen molar-refractivity contribution in [1.29, 1.82) is 0 Å². The van der Waals surface area contributed by atoms with Gasteiger partial charge in [0, 0.05) is 51.1 Å². The van der Waals surface area contributed by atoms with E-state index in [1.165, 1.54) is 0 Å². The quantitative estimate of drug-likeness (QED) is 0.435. The number of esters is 2. The normalized spacial score (nSPS) is 8.43. The van der Waals surface area contributed by atoms with Crippen molar-refractivity contribution in [2.75, 3.05) is 13.2 Å². The molecule has 72 valence electrons. The van der Waals surface area contributed by atoms with E-state index >= 15 is 0 Å². The zero-order valence-electron chi connectivity index (χ0n) is 8.62. The molecule has 0 rings (SSSR count). The molecule has 4 nitrogen and oxygen atoms in total. The molecule has 0 bridgehead atoms. The zero-order chi connectivity index (χ0) is 9.40. The molecular formula is C8H12O4Zn2. The van der Waals surface area contributed by atoms with E-state index in [-0.39, 0.29) is 39.0 Å². The van der Waals surface area contributed by atoms with Crippen LogP contribution in [0.25, 0.3) is 0 Å². The molecule has 0 saturated carbocycles. The Morgan fingerprint density at radius 2 is 1.21 bits per heavy atom. The van der Waals surface area contributed by atoms with Gasteiger partial charge >= 0.3 is 11.9 Å². The van der Waals surface area contributed by atoms with Crippen LogP contribution >= 0.6 is 0 Å². The van der Waals surface area contributed by atoms with Crippen LogP contribution in [-0.4, -0.2) is 25.2 Å². The Hall–Kier alpha value is -0.0732. The molecule has 0 spiro atoms. The van der Waals surface area contributed by atoms with Gasteiger partial charge in [-0.2, -0.15) is 0 Å². The predicted octanol–water partition coefficient (Wildman–Crippen LogP) is 0.664. The van der Waals surface area contributed by atoms with Crippen molar-refractivity contribution in [3.8, 4) is 0 Å². The van der Waals surface area contributed by atoms with Crippen LogP contribution in [0.1, 0.15) is 13.8 Å². The van der Waals surface area contributed by atoms with Gasteiger partial charge in [-0.25, -0.2) is 9.59 Å². The van der Waals surface area contributed by atoms with Gasteiger partial charge in [0.1, 0.15) is 0 Å². The number of carbonyl (C=O) groups is 2. The number of carbonyl (C=O) groups excluding carboxylic acids is 2. The van der Waals surface area contributed by atoms with Gasteiger partial charge in [-0.1, -0.05) is 0 Å². The van der Waals surface area contributed by atoms with Gasteiger partial charge < -0.3 is 9.47 Å². The predicted molar refractivity (Wildman–Crippen MR) is 42.4 cm³/mol. The molecule has 0 aliphatic carbocycles. The van der Waals surface area contributed by atoms with E-state index < -0.39 is 11.9 Å². The summed E-state index contributed by atoms with van der Waals surface area (Å²) in [6.45, 7) is 3.98. The van der Waals surface area contributed by atoms with E-state index in [2.05, 4.69) is 9.47 Å². The van der Waals surface area contributed by atoms with Gasteiger partial charge in [0.05, 0.1) is 13.2 Å². The standard InChI is InChI=1S/C8H12O4.2Zn/c1-3-11-7(9)5-6-8(10)12-4-2;;/h5-6H,3-4H2,1-2H3;;/b6-5+;;. The van der Waals surface area contributed by atoms with Crippen molar-refractivity contribution in [2.24, 2.45) is 0 Å². The van der Waals surface area contributed by atoms with Crippen LogP contribution in [0.4, 0.5) is 0 Å². The van der Waals surface area contributed by atoms with Crippen LogP contribution in [0.3, 0.4) is 0 Å². The molecule has 0 N–H and O–H groups in total. The third kappa shape index (κ3) is 11.9. The van der Waals surface area contributed by atoms with Crippen LogP contribution in [0.15, 0.2) is 12.2 Å². The first-order valence-corrected chi connectivity index (χ1v) is 3.72. The molecule has 0 aromatic carbocycles. The van der Waals surface area contributed by atoms with Crippen molar-refractivity contribution in [3.63, 3.8) is 0 Å². The average Bonchev–Trinajstić information content (AvgIpc) is 2.02. The summed E-state index contributed by atoms with van der Waals surface area (Å²) < 4.78 is 9.07. The molecule has 0 atom stereocenters. The second-order valence-electron chi connectivity index (χ2n) is 1.84. The number of rotatable bonds is 4. The summed E-state index contributed by atoms with van der Waals surface area (Å²) >= 11 is 0. The summed E-state index contributed by atoms with van der Waals surface area (Å²) in [4.78, 5) is 21.3. The number of hydrogen-bond acceptors (Lipinski definition) is 4. The molecule has 14 heavy (non-hydrogen) atoms. The minimum atomic E-state index is -0.537. The van der Waals surface area contributed by atoms with E-state index in [4.69, 9.17) is 0 Å². The van der Waals surface area contributed by atoms with E-state index in [0.717, 1.165) is 12.2 Å². The first-order valence-electron chi connectivity index (χ1n) is 3.72. The molecule has 0 aliphatic heterocycles. The largest absolute Gasteiger partial charge is 0.463 e. The fraction of sp³-hybridized carbons (Fsp3) is 0.500. The van der Waals surface area contributed by atoms with Crippen molar-refractivity contribution < 1.29 is 58.0 Å². The summed E-state index contributed by atoms with van der Waals surface area (Å²) in [5.41, 5.74) is 0. The van der Waals surface area contributed by atoms with Crippen LogP contribution in [0, 0.1) is 0 Å². The van der Waals surface area contributed by atoms with Crippen LogP contribution < -0.4 is 0 Å². The Balaban J connectivity index is -0.000000605. The molecule has 0 unspecified atom stereocenters. The maximum atomic E-state index is 10.6.